The lowest BCUT2D eigenvalue weighted by atomic mass is 9.71. The number of hydrogen-bond donors (Lipinski definition) is 0. The van der Waals surface area contributed by atoms with Gasteiger partial charge >= 0.3 is 13.1 Å². The number of methoxy groups -OCH3 is 2. The van der Waals surface area contributed by atoms with Crippen LogP contribution >= 0.6 is 0 Å². The number of hydrogen-bond acceptors (Lipinski definition) is 8. The van der Waals surface area contributed by atoms with Gasteiger partial charge in [0.05, 0.1) is 12.7 Å². The van der Waals surface area contributed by atoms with Gasteiger partial charge in [-0.2, -0.15) is 0 Å². The molecule has 3 atom stereocenters. The fraction of sp³-hybridized carbons (Fsp3) is 0.341. The molecule has 6 rings (SSSR count). The fourth-order valence-corrected chi connectivity index (χ4v) is 8.62. The first kappa shape index (κ1) is 39.4. The summed E-state index contributed by atoms with van der Waals surface area (Å²) in [4.78, 5) is 13.3. The second kappa shape index (κ2) is 16.2. The van der Waals surface area contributed by atoms with Crippen molar-refractivity contribution in [2.45, 2.75) is 81.9 Å². The molecule has 0 radical (unpaired) electrons. The molecule has 54 heavy (non-hydrogen) atoms. The number of rotatable bonds is 14. The van der Waals surface area contributed by atoms with Crippen LogP contribution in [0.3, 0.4) is 0 Å². The van der Waals surface area contributed by atoms with E-state index in [9.17, 15) is 4.79 Å². The number of ether oxygens (including phenoxy) is 3. The Balaban J connectivity index is 1.57. The van der Waals surface area contributed by atoms with E-state index in [-0.39, 0.29) is 6.42 Å². The quantitative estimate of drug-likeness (QED) is 0.0826. The summed E-state index contributed by atoms with van der Waals surface area (Å²) in [6, 6.07) is 42.1. The van der Waals surface area contributed by atoms with Gasteiger partial charge in [-0.3, -0.25) is 4.79 Å². The van der Waals surface area contributed by atoms with Crippen LogP contribution in [0.1, 0.15) is 61.3 Å². The van der Waals surface area contributed by atoms with Crippen LogP contribution in [-0.4, -0.2) is 53.4 Å². The molecule has 1 aliphatic rings. The van der Waals surface area contributed by atoms with E-state index in [0.717, 1.165) is 22.3 Å². The summed E-state index contributed by atoms with van der Waals surface area (Å²) < 4.78 is 46.8. The molecule has 0 unspecified atom stereocenters. The Morgan fingerprint density at radius 1 is 0.667 bits per heavy atom. The maximum atomic E-state index is 13.3. The molecule has 8 nitrogen and oxygen atoms in total. The van der Waals surface area contributed by atoms with Crippen LogP contribution < -0.4 is 5.46 Å². The first-order chi connectivity index (χ1) is 25.8. The van der Waals surface area contributed by atoms with E-state index in [1.807, 2.05) is 148 Å². The number of furan rings is 1. The summed E-state index contributed by atoms with van der Waals surface area (Å²) in [7, 11) is 0.196. The highest BCUT2D eigenvalue weighted by atomic mass is 28.4. The first-order valence-corrected chi connectivity index (χ1v) is 21.8. The predicted octanol–water partition coefficient (Wildman–Crippen LogP) is 8.56. The summed E-state index contributed by atoms with van der Waals surface area (Å²) in [6.45, 7) is 11.8. The van der Waals surface area contributed by atoms with Crippen LogP contribution in [0.2, 0.25) is 19.6 Å². The summed E-state index contributed by atoms with van der Waals surface area (Å²) in [5.41, 5.74) is 1.06. The Labute approximate surface area is 321 Å². The SMILES string of the molecule is COC(c1ccccc1)(c1ccccc1)[C@@H]1OB(c2ccoc2[C@H](CC(=O)OC(C)(C)C)O[Si](C)(C)C)O[C@H]1C(OC)(c1ccccc1)c1ccccc1. The van der Waals surface area contributed by atoms with Gasteiger partial charge in [-0.25, -0.2) is 0 Å². The number of esters is 1. The molecular formula is C44H51BO8Si. The third kappa shape index (κ3) is 8.05. The van der Waals surface area contributed by atoms with Crippen molar-refractivity contribution in [2.24, 2.45) is 0 Å². The molecule has 5 aromatic rings. The number of benzene rings is 4. The van der Waals surface area contributed by atoms with E-state index in [0.29, 0.717) is 11.2 Å². The molecular weight excluding hydrogens is 695 g/mol. The molecule has 1 aromatic heterocycles. The van der Waals surface area contributed by atoms with Crippen molar-refractivity contribution in [3.8, 4) is 0 Å². The Morgan fingerprint density at radius 2 is 1.06 bits per heavy atom. The zero-order valence-electron chi connectivity index (χ0n) is 32.5. The van der Waals surface area contributed by atoms with Gasteiger partial charge in [0.2, 0.25) is 0 Å². The normalized spacial score (nSPS) is 17.4. The van der Waals surface area contributed by atoms with Gasteiger partial charge in [-0.05, 0) is 68.7 Å². The van der Waals surface area contributed by atoms with Gasteiger partial charge in [0.15, 0.2) is 8.32 Å². The molecule has 282 valence electrons. The molecule has 0 bridgehead atoms. The van der Waals surface area contributed by atoms with Crippen molar-refractivity contribution in [2.75, 3.05) is 14.2 Å². The first-order valence-electron chi connectivity index (χ1n) is 18.4. The van der Waals surface area contributed by atoms with Gasteiger partial charge in [0.25, 0.3) is 0 Å². The summed E-state index contributed by atoms with van der Waals surface area (Å²) in [6.07, 6.45) is -0.837. The minimum Gasteiger partial charge on any atom is -0.467 e. The predicted molar refractivity (Wildman–Crippen MR) is 213 cm³/mol. The summed E-state index contributed by atoms with van der Waals surface area (Å²) in [5.74, 6) is 0.0489. The van der Waals surface area contributed by atoms with E-state index < -0.39 is 56.5 Å². The average Bonchev–Trinajstić information content (AvgIpc) is 3.82. The van der Waals surface area contributed by atoms with E-state index in [1.165, 1.54) is 0 Å². The lowest BCUT2D eigenvalue weighted by Gasteiger charge is -2.46. The van der Waals surface area contributed by atoms with Gasteiger partial charge in [-0.1, -0.05) is 121 Å². The minimum absolute atomic E-state index is 0.0479. The molecule has 10 heteroatoms. The van der Waals surface area contributed by atoms with Crippen LogP contribution in [0.15, 0.2) is 138 Å². The van der Waals surface area contributed by atoms with Crippen LogP contribution in [-0.2, 0) is 43.9 Å². The number of carbonyl (C=O) groups is 1. The lowest BCUT2D eigenvalue weighted by molar-refractivity contribution is -0.157. The van der Waals surface area contributed by atoms with Crippen LogP contribution in [0.4, 0.5) is 0 Å². The molecule has 0 aliphatic carbocycles. The van der Waals surface area contributed by atoms with Crippen LogP contribution in [0, 0.1) is 0 Å². The number of carbonyl (C=O) groups excluding carboxylic acids is 1. The van der Waals surface area contributed by atoms with Crippen molar-refractivity contribution in [3.05, 3.63) is 162 Å². The standard InChI is InChI=1S/C44H51BO8Si/c1-42(2,3)50-38(46)31-37(53-54(6,7)8)39-36(29-30-49-39)45-51-40(43(47-4,32-21-13-9-14-22-32)33-23-15-10-16-24-33)41(52-45)44(48-5,34-25-17-11-18-26-34)35-27-19-12-20-28-35/h9-30,37,40-41H,31H2,1-8H3/t37-,40+,41+/m0/s1. The zero-order valence-corrected chi connectivity index (χ0v) is 33.5. The fourth-order valence-electron chi connectivity index (χ4n) is 7.58. The highest BCUT2D eigenvalue weighted by molar-refractivity contribution is 6.69. The molecule has 1 aliphatic heterocycles. The minimum atomic E-state index is -2.23. The third-order valence-electron chi connectivity index (χ3n) is 9.61. The van der Waals surface area contributed by atoms with Crippen molar-refractivity contribution < 1.29 is 37.2 Å². The maximum Gasteiger partial charge on any atom is 0.498 e. The van der Waals surface area contributed by atoms with Crippen molar-refractivity contribution >= 4 is 26.9 Å². The Bertz CT molecular complexity index is 1760. The molecule has 0 amide bonds. The lowest BCUT2D eigenvalue weighted by Crippen LogP contribution is -2.56. The monoisotopic (exact) mass is 746 g/mol. The highest BCUT2D eigenvalue weighted by Crippen LogP contribution is 2.50. The van der Waals surface area contributed by atoms with E-state index in [1.54, 1.807) is 20.5 Å². The molecule has 2 heterocycles. The molecule has 0 spiro atoms. The van der Waals surface area contributed by atoms with E-state index in [2.05, 4.69) is 19.6 Å². The Kier molecular flexibility index (Phi) is 11.8. The highest BCUT2D eigenvalue weighted by Gasteiger charge is 2.62. The smallest absolute Gasteiger partial charge is 0.467 e. The van der Waals surface area contributed by atoms with Crippen molar-refractivity contribution in [3.63, 3.8) is 0 Å². The van der Waals surface area contributed by atoms with Crippen LogP contribution in [0.25, 0.3) is 0 Å². The maximum absolute atomic E-state index is 13.3. The van der Waals surface area contributed by atoms with Gasteiger partial charge < -0.3 is 32.4 Å². The third-order valence-corrected chi connectivity index (χ3v) is 10.6. The topological polar surface area (TPSA) is 85.6 Å². The van der Waals surface area contributed by atoms with Crippen LogP contribution in [0.5, 0.6) is 0 Å². The Morgan fingerprint density at radius 3 is 1.39 bits per heavy atom. The zero-order chi connectivity index (χ0) is 38.6. The van der Waals surface area contributed by atoms with E-state index in [4.69, 9.17) is 32.4 Å². The summed E-state index contributed by atoms with van der Waals surface area (Å²) >= 11 is 0. The van der Waals surface area contributed by atoms with Gasteiger partial charge in [0.1, 0.15) is 40.9 Å². The van der Waals surface area contributed by atoms with Gasteiger partial charge in [0, 0.05) is 19.7 Å². The largest absolute Gasteiger partial charge is 0.498 e. The second-order valence-electron chi connectivity index (χ2n) is 15.5. The van der Waals surface area contributed by atoms with Gasteiger partial charge in [-0.15, -0.1) is 0 Å². The van der Waals surface area contributed by atoms with Crippen molar-refractivity contribution in [1.29, 1.82) is 0 Å². The molecule has 4 aromatic carbocycles. The molecule has 0 N–H and O–H groups in total. The molecule has 1 saturated heterocycles. The molecule has 1 fully saturated rings. The average molecular weight is 747 g/mol. The Hall–Kier alpha value is -4.29. The second-order valence-corrected chi connectivity index (χ2v) is 20.0. The van der Waals surface area contributed by atoms with Crippen molar-refractivity contribution in [1.82, 2.24) is 0 Å². The summed E-state index contributed by atoms with van der Waals surface area (Å²) in [5, 5.41) is 0. The van der Waals surface area contributed by atoms with E-state index >= 15 is 0 Å². The molecule has 0 saturated carbocycles.